The van der Waals surface area contributed by atoms with Crippen LogP contribution in [0.2, 0.25) is 0 Å². The van der Waals surface area contributed by atoms with Crippen LogP contribution in [0, 0.1) is 17.2 Å². The number of hydrogen-bond acceptors (Lipinski definition) is 5. The van der Waals surface area contributed by atoms with Gasteiger partial charge in [0.05, 0.1) is 17.7 Å². The third kappa shape index (κ3) is 3.50. The summed E-state index contributed by atoms with van der Waals surface area (Å²) in [5.41, 5.74) is 6.52. The van der Waals surface area contributed by atoms with Crippen molar-refractivity contribution < 1.29 is 4.79 Å². The van der Waals surface area contributed by atoms with Crippen molar-refractivity contribution in [3.8, 4) is 6.07 Å². The SMILES string of the molecule is CC(C)[C@H](N)C(=O)N1CCN(c2cc(C#N)ccn2)CC1. The normalized spacial score (nSPS) is 16.7. The number of nitriles is 1. The van der Waals surface area contributed by atoms with Gasteiger partial charge in [-0.1, -0.05) is 13.8 Å². The number of rotatable bonds is 3. The van der Waals surface area contributed by atoms with Crippen molar-refractivity contribution in [1.82, 2.24) is 9.88 Å². The van der Waals surface area contributed by atoms with Crippen molar-refractivity contribution in [2.45, 2.75) is 19.9 Å². The number of aromatic nitrogens is 1. The summed E-state index contributed by atoms with van der Waals surface area (Å²) in [6, 6.07) is 5.14. The molecule has 112 valence electrons. The van der Waals surface area contributed by atoms with Gasteiger partial charge in [-0.15, -0.1) is 0 Å². The number of amides is 1. The molecule has 0 saturated carbocycles. The molecule has 0 aliphatic carbocycles. The van der Waals surface area contributed by atoms with Crippen LogP contribution in [0.4, 0.5) is 5.82 Å². The first-order chi connectivity index (χ1) is 10.0. The van der Waals surface area contributed by atoms with Crippen LogP contribution in [-0.4, -0.2) is 48.0 Å². The lowest BCUT2D eigenvalue weighted by Crippen LogP contribution is -2.54. The monoisotopic (exact) mass is 287 g/mol. The van der Waals surface area contributed by atoms with Crippen molar-refractivity contribution in [1.29, 1.82) is 5.26 Å². The third-order valence-corrected chi connectivity index (χ3v) is 3.79. The van der Waals surface area contributed by atoms with Crippen LogP contribution in [0.1, 0.15) is 19.4 Å². The number of nitrogens with zero attached hydrogens (tertiary/aromatic N) is 4. The molecule has 0 bridgehead atoms. The summed E-state index contributed by atoms with van der Waals surface area (Å²) in [6.45, 7) is 6.60. The average Bonchev–Trinajstić information content (AvgIpc) is 2.53. The number of anilines is 1. The van der Waals surface area contributed by atoms with E-state index >= 15 is 0 Å². The number of piperazine rings is 1. The zero-order chi connectivity index (χ0) is 15.4. The van der Waals surface area contributed by atoms with Crippen LogP contribution in [0.25, 0.3) is 0 Å². The van der Waals surface area contributed by atoms with Crippen molar-refractivity contribution in [2.75, 3.05) is 31.1 Å². The molecule has 1 fully saturated rings. The zero-order valence-electron chi connectivity index (χ0n) is 12.5. The Labute approximate surface area is 125 Å². The van der Waals surface area contributed by atoms with Crippen LogP contribution in [0.5, 0.6) is 0 Å². The molecule has 0 unspecified atom stereocenters. The van der Waals surface area contributed by atoms with Gasteiger partial charge in [-0.05, 0) is 18.1 Å². The fourth-order valence-electron chi connectivity index (χ4n) is 2.31. The van der Waals surface area contributed by atoms with Crippen LogP contribution < -0.4 is 10.6 Å². The van der Waals surface area contributed by atoms with E-state index in [9.17, 15) is 4.79 Å². The van der Waals surface area contributed by atoms with Gasteiger partial charge in [0.2, 0.25) is 5.91 Å². The Morgan fingerprint density at radius 2 is 2.05 bits per heavy atom. The standard InChI is InChI=1S/C15H21N5O/c1-11(2)14(17)15(21)20-7-5-19(6-8-20)13-9-12(10-16)3-4-18-13/h3-4,9,11,14H,5-8,17H2,1-2H3/t14-/m0/s1. The second kappa shape index (κ2) is 6.55. The van der Waals surface area contributed by atoms with Gasteiger partial charge in [-0.25, -0.2) is 4.98 Å². The van der Waals surface area contributed by atoms with Gasteiger partial charge < -0.3 is 15.5 Å². The van der Waals surface area contributed by atoms with E-state index in [0.717, 1.165) is 5.82 Å². The van der Waals surface area contributed by atoms with Gasteiger partial charge in [0, 0.05) is 32.4 Å². The van der Waals surface area contributed by atoms with E-state index in [-0.39, 0.29) is 11.8 Å². The highest BCUT2D eigenvalue weighted by Crippen LogP contribution is 2.15. The number of carbonyl (C=O) groups excluding carboxylic acids is 1. The molecular weight excluding hydrogens is 266 g/mol. The highest BCUT2D eigenvalue weighted by molar-refractivity contribution is 5.82. The second-order valence-corrected chi connectivity index (χ2v) is 5.60. The lowest BCUT2D eigenvalue weighted by atomic mass is 10.0. The summed E-state index contributed by atoms with van der Waals surface area (Å²) in [5.74, 6) is 0.946. The summed E-state index contributed by atoms with van der Waals surface area (Å²) in [7, 11) is 0. The van der Waals surface area contributed by atoms with Crippen molar-refractivity contribution in [2.24, 2.45) is 11.7 Å². The molecule has 6 heteroatoms. The molecule has 0 spiro atoms. The van der Waals surface area contributed by atoms with Gasteiger partial charge in [0.1, 0.15) is 5.82 Å². The Morgan fingerprint density at radius 1 is 1.38 bits per heavy atom. The van der Waals surface area contributed by atoms with Crippen LogP contribution >= 0.6 is 0 Å². The largest absolute Gasteiger partial charge is 0.353 e. The molecule has 2 N–H and O–H groups in total. The summed E-state index contributed by atoms with van der Waals surface area (Å²) >= 11 is 0. The topological polar surface area (TPSA) is 86.3 Å². The smallest absolute Gasteiger partial charge is 0.239 e. The Balaban J connectivity index is 1.97. The van der Waals surface area contributed by atoms with Gasteiger partial charge in [-0.2, -0.15) is 5.26 Å². The van der Waals surface area contributed by atoms with Gasteiger partial charge in [0.15, 0.2) is 0 Å². The molecule has 1 aliphatic heterocycles. The predicted octanol–water partition coefficient (Wildman–Crippen LogP) is 0.585. The minimum absolute atomic E-state index is 0.0170. The first-order valence-corrected chi connectivity index (χ1v) is 7.18. The van der Waals surface area contributed by atoms with E-state index in [1.54, 1.807) is 18.3 Å². The van der Waals surface area contributed by atoms with Gasteiger partial charge >= 0.3 is 0 Å². The Hall–Kier alpha value is -2.13. The highest BCUT2D eigenvalue weighted by Gasteiger charge is 2.27. The lowest BCUT2D eigenvalue weighted by molar-refractivity contribution is -0.133. The van der Waals surface area contributed by atoms with E-state index in [1.165, 1.54) is 0 Å². The molecule has 1 atom stereocenters. The average molecular weight is 287 g/mol. The molecule has 0 radical (unpaired) electrons. The van der Waals surface area contributed by atoms with Crippen LogP contribution in [-0.2, 0) is 4.79 Å². The summed E-state index contributed by atoms with van der Waals surface area (Å²) in [6.07, 6.45) is 1.64. The molecule has 2 heterocycles. The van der Waals surface area contributed by atoms with E-state index < -0.39 is 6.04 Å². The summed E-state index contributed by atoms with van der Waals surface area (Å²) in [4.78, 5) is 20.4. The molecule has 1 aromatic heterocycles. The number of nitrogens with two attached hydrogens (primary N) is 1. The van der Waals surface area contributed by atoms with Crippen molar-refractivity contribution in [3.05, 3.63) is 23.9 Å². The molecule has 2 rings (SSSR count). The number of pyridine rings is 1. The zero-order valence-corrected chi connectivity index (χ0v) is 12.5. The predicted molar refractivity (Wildman–Crippen MR) is 80.6 cm³/mol. The molecule has 6 nitrogen and oxygen atoms in total. The van der Waals surface area contributed by atoms with Crippen molar-refractivity contribution >= 4 is 11.7 Å². The van der Waals surface area contributed by atoms with Gasteiger partial charge in [0.25, 0.3) is 0 Å². The fourth-order valence-corrected chi connectivity index (χ4v) is 2.31. The molecule has 1 saturated heterocycles. The maximum Gasteiger partial charge on any atom is 0.239 e. The number of carbonyl (C=O) groups is 1. The summed E-state index contributed by atoms with van der Waals surface area (Å²) in [5, 5.41) is 8.93. The first-order valence-electron chi connectivity index (χ1n) is 7.18. The maximum absolute atomic E-state index is 12.2. The Kier molecular flexibility index (Phi) is 4.76. The quantitative estimate of drug-likeness (QED) is 0.879. The summed E-state index contributed by atoms with van der Waals surface area (Å²) < 4.78 is 0. The van der Waals surface area contributed by atoms with E-state index in [0.29, 0.717) is 31.7 Å². The maximum atomic E-state index is 12.2. The van der Waals surface area contributed by atoms with E-state index in [2.05, 4.69) is 16.0 Å². The minimum Gasteiger partial charge on any atom is -0.353 e. The fraction of sp³-hybridized carbons (Fsp3) is 0.533. The number of hydrogen-bond donors (Lipinski definition) is 1. The first kappa shape index (κ1) is 15.3. The molecule has 1 amide bonds. The molecule has 21 heavy (non-hydrogen) atoms. The van der Waals surface area contributed by atoms with E-state index in [1.807, 2.05) is 18.7 Å². The van der Waals surface area contributed by atoms with Crippen LogP contribution in [0.15, 0.2) is 18.3 Å². The molecular formula is C15H21N5O. The van der Waals surface area contributed by atoms with Crippen molar-refractivity contribution in [3.63, 3.8) is 0 Å². The molecule has 1 aliphatic rings. The Morgan fingerprint density at radius 3 is 2.62 bits per heavy atom. The minimum atomic E-state index is -0.434. The van der Waals surface area contributed by atoms with Crippen LogP contribution in [0.3, 0.4) is 0 Å². The van der Waals surface area contributed by atoms with Gasteiger partial charge in [-0.3, -0.25) is 4.79 Å². The third-order valence-electron chi connectivity index (χ3n) is 3.79. The van der Waals surface area contributed by atoms with E-state index in [4.69, 9.17) is 11.0 Å². The highest BCUT2D eigenvalue weighted by atomic mass is 16.2. The molecule has 1 aromatic rings. The Bertz CT molecular complexity index is 543. The second-order valence-electron chi connectivity index (χ2n) is 5.60. The lowest BCUT2D eigenvalue weighted by Gasteiger charge is -2.37. The molecule has 0 aromatic carbocycles.